The zero-order chi connectivity index (χ0) is 37.6. The number of hydrogen-bond acceptors (Lipinski definition) is 3. The Balaban J connectivity index is 1.08. The lowest BCUT2D eigenvalue weighted by Crippen LogP contribution is -2.00. The molecular weight excluding hydrogens is 607 g/mol. The van der Waals surface area contributed by atoms with Crippen LogP contribution in [0.3, 0.4) is 0 Å². The van der Waals surface area contributed by atoms with E-state index in [0.29, 0.717) is 23.0 Å². The number of nitrogens with zero attached hydrogens (tertiary/aromatic N) is 3. The highest BCUT2D eigenvalue weighted by atomic mass is 15.0. The number of hydrogen-bond donors (Lipinski definition) is 0. The molecule has 0 spiro atoms. The van der Waals surface area contributed by atoms with Gasteiger partial charge < -0.3 is 0 Å². The highest BCUT2D eigenvalue weighted by molar-refractivity contribution is 5.97. The Kier molecular flexibility index (Phi) is 6.22. The van der Waals surface area contributed by atoms with Crippen LogP contribution >= 0.6 is 0 Å². The predicted octanol–water partition coefficient (Wildman–Crippen LogP) is 12.2. The first-order valence-corrected chi connectivity index (χ1v) is 16.4. The van der Waals surface area contributed by atoms with Gasteiger partial charge >= 0.3 is 0 Å². The topological polar surface area (TPSA) is 38.7 Å². The van der Waals surface area contributed by atoms with Crippen molar-refractivity contribution in [3.05, 3.63) is 188 Å². The minimum atomic E-state index is -0.400. The van der Waals surface area contributed by atoms with Crippen LogP contribution in [0.15, 0.2) is 188 Å². The van der Waals surface area contributed by atoms with E-state index < -0.39 is 6.04 Å². The predicted molar refractivity (Wildman–Crippen MR) is 207 cm³/mol. The normalized spacial score (nSPS) is 12.6. The Bertz CT molecular complexity index is 2900. The SMILES string of the molecule is [2H]c1c([2H])c([2H])c(-c2ccc3cc(-c4cccc(-c5nc(-c6ccccc6)nc(-c6ccc(-c7cccc8ccccc78)cc6)n5)c4)ccc3c2)c([2H])c1[2H]. The fourth-order valence-electron chi connectivity index (χ4n) is 6.44. The van der Waals surface area contributed by atoms with Gasteiger partial charge in [-0.25, -0.2) is 15.0 Å². The fraction of sp³-hybridized carbons (Fsp3) is 0. The van der Waals surface area contributed by atoms with E-state index in [9.17, 15) is 0 Å². The van der Waals surface area contributed by atoms with Crippen molar-refractivity contribution in [3.8, 4) is 67.5 Å². The van der Waals surface area contributed by atoms with Crippen molar-refractivity contribution in [2.45, 2.75) is 0 Å². The third-order valence-electron chi connectivity index (χ3n) is 8.99. The molecular formula is C47H31N3. The molecule has 0 saturated heterocycles. The minimum absolute atomic E-state index is 0.192. The maximum atomic E-state index is 8.42. The summed E-state index contributed by atoms with van der Waals surface area (Å²) in [5.41, 5.74) is 7.66. The second kappa shape index (κ2) is 12.7. The van der Waals surface area contributed by atoms with E-state index >= 15 is 0 Å². The molecule has 0 unspecified atom stereocenters. The molecule has 0 saturated carbocycles. The zero-order valence-corrected chi connectivity index (χ0v) is 26.9. The Labute approximate surface area is 298 Å². The van der Waals surface area contributed by atoms with Crippen molar-refractivity contribution in [2.24, 2.45) is 0 Å². The summed E-state index contributed by atoms with van der Waals surface area (Å²) in [6.07, 6.45) is 0. The summed E-state index contributed by atoms with van der Waals surface area (Å²) in [5.74, 6) is 1.73. The molecule has 1 aromatic heterocycles. The van der Waals surface area contributed by atoms with Crippen LogP contribution in [-0.2, 0) is 0 Å². The molecule has 0 fully saturated rings. The van der Waals surface area contributed by atoms with Gasteiger partial charge in [-0.15, -0.1) is 0 Å². The van der Waals surface area contributed by atoms with E-state index in [1.807, 2.05) is 72.8 Å². The lowest BCUT2D eigenvalue weighted by molar-refractivity contribution is 1.07. The highest BCUT2D eigenvalue weighted by Gasteiger charge is 2.14. The van der Waals surface area contributed by atoms with Gasteiger partial charge in [0.15, 0.2) is 17.5 Å². The summed E-state index contributed by atoms with van der Waals surface area (Å²) in [4.78, 5) is 14.9. The first-order valence-electron chi connectivity index (χ1n) is 18.9. The van der Waals surface area contributed by atoms with Crippen LogP contribution in [0.5, 0.6) is 0 Å². The van der Waals surface area contributed by atoms with Gasteiger partial charge in [0.1, 0.15) is 0 Å². The second-order valence-corrected chi connectivity index (χ2v) is 12.1. The van der Waals surface area contributed by atoms with Gasteiger partial charge in [-0.1, -0.05) is 170 Å². The molecule has 50 heavy (non-hydrogen) atoms. The molecule has 234 valence electrons. The molecule has 0 bridgehead atoms. The Morgan fingerprint density at radius 1 is 0.320 bits per heavy atom. The van der Waals surface area contributed by atoms with Gasteiger partial charge in [0, 0.05) is 16.7 Å². The van der Waals surface area contributed by atoms with E-state index in [-0.39, 0.29) is 29.7 Å². The summed E-state index contributed by atoms with van der Waals surface area (Å²) in [6.45, 7) is 0. The van der Waals surface area contributed by atoms with Crippen molar-refractivity contribution in [2.75, 3.05) is 0 Å². The average molecular weight is 643 g/mol. The third kappa shape index (κ3) is 5.72. The zero-order valence-electron chi connectivity index (χ0n) is 31.9. The van der Waals surface area contributed by atoms with Crippen LogP contribution < -0.4 is 0 Å². The van der Waals surface area contributed by atoms with Gasteiger partial charge in [-0.3, -0.25) is 0 Å². The number of aromatic nitrogens is 3. The van der Waals surface area contributed by atoms with Gasteiger partial charge in [0.25, 0.3) is 0 Å². The highest BCUT2D eigenvalue weighted by Crippen LogP contribution is 2.33. The average Bonchev–Trinajstić information content (AvgIpc) is 3.25. The smallest absolute Gasteiger partial charge is 0.164 e. The molecule has 3 heteroatoms. The van der Waals surface area contributed by atoms with Crippen molar-refractivity contribution >= 4 is 21.5 Å². The largest absolute Gasteiger partial charge is 0.208 e. The number of rotatable bonds is 6. The molecule has 0 amide bonds. The van der Waals surface area contributed by atoms with Crippen molar-refractivity contribution in [1.82, 2.24) is 15.0 Å². The van der Waals surface area contributed by atoms with E-state index in [1.165, 1.54) is 16.3 Å². The summed E-state index contributed by atoms with van der Waals surface area (Å²) < 4.78 is 41.0. The number of benzene rings is 8. The molecule has 0 aliphatic rings. The molecule has 3 nitrogen and oxygen atoms in total. The quantitative estimate of drug-likeness (QED) is 0.181. The third-order valence-corrected chi connectivity index (χ3v) is 8.99. The van der Waals surface area contributed by atoms with Crippen LogP contribution in [0.25, 0.3) is 89.1 Å². The summed E-state index contributed by atoms with van der Waals surface area (Å²) in [7, 11) is 0. The lowest BCUT2D eigenvalue weighted by Gasteiger charge is -2.11. The Morgan fingerprint density at radius 3 is 1.56 bits per heavy atom. The molecule has 0 aliphatic carbocycles. The van der Waals surface area contributed by atoms with E-state index in [1.54, 1.807) is 0 Å². The van der Waals surface area contributed by atoms with Gasteiger partial charge in [0.2, 0.25) is 0 Å². The van der Waals surface area contributed by atoms with E-state index in [4.69, 9.17) is 21.8 Å². The van der Waals surface area contributed by atoms with Crippen molar-refractivity contribution in [3.63, 3.8) is 0 Å². The van der Waals surface area contributed by atoms with Crippen LogP contribution in [-0.4, -0.2) is 15.0 Å². The van der Waals surface area contributed by atoms with Crippen LogP contribution in [0.1, 0.15) is 6.85 Å². The Hall–Kier alpha value is -6.71. The monoisotopic (exact) mass is 642 g/mol. The molecule has 0 atom stereocenters. The summed E-state index contributed by atoms with van der Waals surface area (Å²) >= 11 is 0. The molecule has 0 aliphatic heterocycles. The molecule has 8 aromatic carbocycles. The van der Waals surface area contributed by atoms with Crippen LogP contribution in [0, 0.1) is 0 Å². The molecule has 0 radical (unpaired) electrons. The first kappa shape index (κ1) is 24.4. The summed E-state index contributed by atoms with van der Waals surface area (Å²) in [5, 5.41) is 4.26. The van der Waals surface area contributed by atoms with Crippen LogP contribution in [0.2, 0.25) is 0 Å². The van der Waals surface area contributed by atoms with Gasteiger partial charge in [-0.05, 0) is 73.1 Å². The van der Waals surface area contributed by atoms with Crippen molar-refractivity contribution in [1.29, 1.82) is 0 Å². The fourth-order valence-corrected chi connectivity index (χ4v) is 6.44. The standard InChI is InChI=1S/C47H31N3/c1-3-11-32(12-4-1)38-25-26-41-30-39(27-28-40(41)29-38)37-17-9-18-42(31-37)47-49-45(35-14-5-2-6-15-35)48-46(50-47)36-23-21-34(22-24-36)44-20-10-16-33-13-7-8-19-43(33)44/h1-31H/i1D,3D,4D,11D,12D. The number of fused-ring (bicyclic) bond motifs is 2. The molecule has 9 rings (SSSR count). The van der Waals surface area contributed by atoms with Crippen molar-refractivity contribution < 1.29 is 6.85 Å². The second-order valence-electron chi connectivity index (χ2n) is 12.1. The maximum Gasteiger partial charge on any atom is 0.164 e. The van der Waals surface area contributed by atoms with Gasteiger partial charge in [0.05, 0.1) is 6.85 Å². The molecule has 0 N–H and O–H groups in total. The first-order chi connectivity index (χ1) is 26.8. The minimum Gasteiger partial charge on any atom is -0.208 e. The molecule has 1 heterocycles. The van der Waals surface area contributed by atoms with E-state index in [0.717, 1.165) is 44.2 Å². The molecule has 9 aromatic rings. The lowest BCUT2D eigenvalue weighted by atomic mass is 9.97. The summed E-state index contributed by atoms with van der Waals surface area (Å²) in [6, 6.07) is 51.4. The van der Waals surface area contributed by atoms with E-state index in [2.05, 4.69) is 84.9 Å². The van der Waals surface area contributed by atoms with Crippen LogP contribution in [0.4, 0.5) is 0 Å². The van der Waals surface area contributed by atoms with Gasteiger partial charge in [-0.2, -0.15) is 0 Å². The maximum absolute atomic E-state index is 8.42. The Morgan fingerprint density at radius 2 is 0.820 bits per heavy atom.